The van der Waals surface area contributed by atoms with Gasteiger partial charge >= 0.3 is 11.9 Å². The zero-order valence-electron chi connectivity index (χ0n) is 18.3. The minimum absolute atomic E-state index is 0.0926. The fourth-order valence-corrected chi connectivity index (χ4v) is 7.12. The first kappa shape index (κ1) is 20.8. The number of fused-ring (bicyclic) bond motifs is 3. The van der Waals surface area contributed by atoms with E-state index in [4.69, 9.17) is 18.9 Å². The lowest BCUT2D eigenvalue weighted by molar-refractivity contribution is -0.189. The Bertz CT molecular complexity index is 921. The van der Waals surface area contributed by atoms with Crippen LogP contribution in [0.5, 0.6) is 0 Å². The second-order valence-electron chi connectivity index (χ2n) is 9.98. The first-order chi connectivity index (χ1) is 14.6. The smallest absolute Gasteiger partial charge is 0.312 e. The van der Waals surface area contributed by atoms with Crippen molar-refractivity contribution in [1.82, 2.24) is 0 Å². The molecule has 8 atom stereocenters. The van der Waals surface area contributed by atoms with E-state index in [9.17, 15) is 19.2 Å². The minimum atomic E-state index is -0.800. The number of hydrogen-bond acceptors (Lipinski definition) is 8. The summed E-state index contributed by atoms with van der Waals surface area (Å²) < 4.78 is 22.9. The van der Waals surface area contributed by atoms with Crippen molar-refractivity contribution in [2.45, 2.75) is 58.3 Å². The van der Waals surface area contributed by atoms with Gasteiger partial charge in [-0.2, -0.15) is 0 Å². The topological polar surface area (TPSA) is 105 Å². The molecule has 168 valence electrons. The van der Waals surface area contributed by atoms with Gasteiger partial charge in [0.15, 0.2) is 5.78 Å². The molecule has 0 bridgehead atoms. The van der Waals surface area contributed by atoms with Crippen molar-refractivity contribution in [3.8, 4) is 0 Å². The second-order valence-corrected chi connectivity index (χ2v) is 9.98. The number of carbonyl (C=O) groups is 4. The molecular weight excluding hydrogens is 404 g/mol. The van der Waals surface area contributed by atoms with E-state index in [2.05, 4.69) is 0 Å². The van der Waals surface area contributed by atoms with Crippen molar-refractivity contribution in [2.75, 3.05) is 20.3 Å². The lowest BCUT2D eigenvalue weighted by Gasteiger charge is -2.56. The summed E-state index contributed by atoms with van der Waals surface area (Å²) >= 11 is 0. The molecule has 8 heteroatoms. The van der Waals surface area contributed by atoms with Crippen molar-refractivity contribution >= 4 is 23.5 Å². The SMILES string of the molecule is COC[C@@H]1OC(=O)C2COC3C(=O)C4=C([C@@H](OC(C)=O)C[C@@]5(C)C(=O)CC[C@H]45)[C@@]1(C)C23. The normalized spacial score (nSPS) is 45.7. The van der Waals surface area contributed by atoms with Gasteiger partial charge in [-0.1, -0.05) is 13.8 Å². The molecule has 1 saturated carbocycles. The molecule has 0 radical (unpaired) electrons. The molecule has 31 heavy (non-hydrogen) atoms. The fraction of sp³-hybridized carbons (Fsp3) is 0.739. The van der Waals surface area contributed by atoms with E-state index in [-0.39, 0.29) is 36.7 Å². The van der Waals surface area contributed by atoms with Crippen LogP contribution in [0.3, 0.4) is 0 Å². The van der Waals surface area contributed by atoms with Crippen LogP contribution in [0.2, 0.25) is 0 Å². The van der Waals surface area contributed by atoms with Crippen LogP contribution in [-0.2, 0) is 38.1 Å². The number of ether oxygens (including phenoxy) is 4. The zero-order valence-corrected chi connectivity index (χ0v) is 18.3. The Morgan fingerprint density at radius 1 is 1.23 bits per heavy atom. The van der Waals surface area contributed by atoms with Gasteiger partial charge in [0.2, 0.25) is 0 Å². The molecule has 3 aliphatic carbocycles. The lowest BCUT2D eigenvalue weighted by atomic mass is 9.49. The molecule has 0 aromatic carbocycles. The predicted molar refractivity (Wildman–Crippen MR) is 105 cm³/mol. The van der Waals surface area contributed by atoms with Crippen LogP contribution in [-0.4, -0.2) is 62.1 Å². The average molecular weight is 432 g/mol. The number of hydrogen-bond donors (Lipinski definition) is 0. The Balaban J connectivity index is 1.76. The maximum atomic E-state index is 13.8. The fourth-order valence-electron chi connectivity index (χ4n) is 7.12. The van der Waals surface area contributed by atoms with Gasteiger partial charge in [0.1, 0.15) is 24.1 Å². The molecule has 2 saturated heterocycles. The van der Waals surface area contributed by atoms with Crippen LogP contribution in [0.15, 0.2) is 11.1 Å². The summed E-state index contributed by atoms with van der Waals surface area (Å²) in [6, 6.07) is 0. The van der Waals surface area contributed by atoms with E-state index in [1.807, 2.05) is 13.8 Å². The van der Waals surface area contributed by atoms with Crippen LogP contribution in [0.1, 0.15) is 40.0 Å². The summed E-state index contributed by atoms with van der Waals surface area (Å²) in [7, 11) is 1.53. The number of Topliss-reactive ketones (excluding diaryl/α,β-unsaturated/α-hetero) is 2. The van der Waals surface area contributed by atoms with E-state index >= 15 is 0 Å². The average Bonchev–Trinajstić information content (AvgIpc) is 3.27. The Kier molecular flexibility index (Phi) is 4.51. The lowest BCUT2D eigenvalue weighted by Crippen LogP contribution is -2.64. The second kappa shape index (κ2) is 6.72. The molecule has 8 nitrogen and oxygen atoms in total. The van der Waals surface area contributed by atoms with E-state index in [0.717, 1.165) is 0 Å². The molecule has 0 aromatic heterocycles. The van der Waals surface area contributed by atoms with E-state index < -0.39 is 46.9 Å². The molecule has 0 aromatic rings. The van der Waals surface area contributed by atoms with Gasteiger partial charge in [0.05, 0.1) is 19.1 Å². The Morgan fingerprint density at radius 3 is 2.65 bits per heavy atom. The molecule has 2 heterocycles. The standard InChI is InChI=1S/C23H28O8/c1-10(24)30-13-7-22(2)12(5-6-14(22)25)16-18(13)23(3)15(9-28-4)31-21(27)11-8-29-20(17(11)23)19(16)26/h11-13,15,17,20H,5-9H2,1-4H3/t11?,12-,13+,15+,17?,20?,22-,23-/m1/s1. The van der Waals surface area contributed by atoms with Crippen molar-refractivity contribution in [3.63, 3.8) is 0 Å². The molecule has 0 spiro atoms. The van der Waals surface area contributed by atoms with E-state index in [1.54, 1.807) is 0 Å². The molecule has 5 rings (SSSR count). The third-order valence-corrected chi connectivity index (χ3v) is 8.50. The van der Waals surface area contributed by atoms with E-state index in [1.165, 1.54) is 14.0 Å². The van der Waals surface area contributed by atoms with Crippen LogP contribution in [0.4, 0.5) is 0 Å². The quantitative estimate of drug-likeness (QED) is 0.616. The minimum Gasteiger partial charge on any atom is -0.459 e. The number of rotatable bonds is 3. The first-order valence-electron chi connectivity index (χ1n) is 10.9. The molecule has 5 aliphatic rings. The Labute approximate surface area is 180 Å². The zero-order chi connectivity index (χ0) is 22.3. The molecular formula is C23H28O8. The van der Waals surface area contributed by atoms with Crippen molar-refractivity contribution in [1.29, 1.82) is 0 Å². The molecule has 0 N–H and O–H groups in total. The largest absolute Gasteiger partial charge is 0.459 e. The summed E-state index contributed by atoms with van der Waals surface area (Å²) in [6.45, 7) is 5.45. The van der Waals surface area contributed by atoms with Crippen LogP contribution >= 0.6 is 0 Å². The maximum absolute atomic E-state index is 13.8. The first-order valence-corrected chi connectivity index (χ1v) is 10.9. The van der Waals surface area contributed by atoms with Crippen molar-refractivity contribution in [3.05, 3.63) is 11.1 Å². The molecule has 3 fully saturated rings. The highest BCUT2D eigenvalue weighted by molar-refractivity contribution is 6.05. The van der Waals surface area contributed by atoms with Gasteiger partial charge in [-0.25, -0.2) is 0 Å². The summed E-state index contributed by atoms with van der Waals surface area (Å²) in [5, 5.41) is 0. The van der Waals surface area contributed by atoms with Gasteiger partial charge in [0, 0.05) is 55.1 Å². The maximum Gasteiger partial charge on any atom is 0.312 e. The molecule has 0 amide bonds. The van der Waals surface area contributed by atoms with Gasteiger partial charge in [0.25, 0.3) is 0 Å². The Hall–Kier alpha value is -2.06. The highest BCUT2D eigenvalue weighted by Crippen LogP contribution is 2.64. The highest BCUT2D eigenvalue weighted by Gasteiger charge is 2.70. The van der Waals surface area contributed by atoms with Crippen molar-refractivity contribution in [2.24, 2.45) is 28.6 Å². The number of ketones is 2. The predicted octanol–water partition coefficient (Wildman–Crippen LogP) is 1.40. The van der Waals surface area contributed by atoms with Crippen LogP contribution < -0.4 is 0 Å². The van der Waals surface area contributed by atoms with Gasteiger partial charge < -0.3 is 18.9 Å². The molecule has 2 aliphatic heterocycles. The van der Waals surface area contributed by atoms with Gasteiger partial charge in [-0.05, 0) is 12.0 Å². The van der Waals surface area contributed by atoms with Gasteiger partial charge in [-0.15, -0.1) is 0 Å². The number of esters is 2. The summed E-state index contributed by atoms with van der Waals surface area (Å²) in [5.41, 5.74) is -0.310. The summed E-state index contributed by atoms with van der Waals surface area (Å²) in [5.74, 6) is -2.17. The third-order valence-electron chi connectivity index (χ3n) is 8.50. The summed E-state index contributed by atoms with van der Waals surface area (Å²) in [4.78, 5) is 51.5. The summed E-state index contributed by atoms with van der Waals surface area (Å²) in [6.07, 6.45) is -0.844. The van der Waals surface area contributed by atoms with E-state index in [0.29, 0.717) is 30.4 Å². The van der Waals surface area contributed by atoms with Crippen LogP contribution in [0, 0.1) is 28.6 Å². The third kappa shape index (κ3) is 2.55. The van der Waals surface area contributed by atoms with Gasteiger partial charge in [-0.3, -0.25) is 19.2 Å². The molecule has 3 unspecified atom stereocenters. The Morgan fingerprint density at radius 2 is 1.97 bits per heavy atom. The van der Waals surface area contributed by atoms with Crippen LogP contribution in [0.25, 0.3) is 0 Å². The monoisotopic (exact) mass is 432 g/mol. The van der Waals surface area contributed by atoms with Crippen molar-refractivity contribution < 1.29 is 38.1 Å². The number of carbonyl (C=O) groups excluding carboxylic acids is 4. The highest BCUT2D eigenvalue weighted by atomic mass is 16.6. The number of cyclic esters (lactones) is 1. The number of methoxy groups -OCH3 is 1.